The fraction of sp³-hybridized carbons (Fsp3) is 0.105. The fourth-order valence-corrected chi connectivity index (χ4v) is 6.04. The van der Waals surface area contributed by atoms with E-state index in [1.54, 1.807) is 6.07 Å². The molecule has 2 N–H and O–H groups in total. The minimum absolute atomic E-state index is 0.292. The summed E-state index contributed by atoms with van der Waals surface area (Å²) in [6.07, 6.45) is 7.13. The first-order chi connectivity index (χ1) is 21.5. The zero-order chi connectivity index (χ0) is 30.3. The van der Waals surface area contributed by atoms with Gasteiger partial charge in [0.2, 0.25) is 0 Å². The maximum Gasteiger partial charge on any atom is 0.127 e. The van der Waals surface area contributed by atoms with Crippen LogP contribution in [-0.2, 0) is 23.6 Å². The van der Waals surface area contributed by atoms with Crippen molar-refractivity contribution in [2.75, 3.05) is 0 Å². The average Bonchev–Trinajstić information content (AvgIpc) is 3.05. The van der Waals surface area contributed by atoms with Crippen molar-refractivity contribution in [3.8, 4) is 28.7 Å². The number of hydrogen-bond acceptors (Lipinski definition) is 5. The third-order valence-electron chi connectivity index (χ3n) is 7.40. The third kappa shape index (κ3) is 7.28. The van der Waals surface area contributed by atoms with Gasteiger partial charge >= 0.3 is 0 Å². The molecule has 44 heavy (non-hydrogen) atoms. The zero-order valence-corrected chi connectivity index (χ0v) is 24.9. The Hall–Kier alpha value is -5.07. The van der Waals surface area contributed by atoms with E-state index in [2.05, 4.69) is 6.08 Å². The molecule has 1 unspecified atom stereocenters. The Labute approximate surface area is 259 Å². The molecule has 0 saturated carbocycles. The van der Waals surface area contributed by atoms with E-state index in [0.29, 0.717) is 57.1 Å². The quantitative estimate of drug-likeness (QED) is 0.167. The van der Waals surface area contributed by atoms with Crippen LogP contribution in [0.4, 0.5) is 0 Å². The lowest BCUT2D eigenvalue weighted by Gasteiger charge is -2.12. The number of rotatable bonds is 10. The lowest BCUT2D eigenvalue weighted by Crippen LogP contribution is -1.98. The van der Waals surface area contributed by atoms with Crippen molar-refractivity contribution < 1.29 is 23.9 Å². The highest BCUT2D eigenvalue weighted by atomic mass is 32.2. The summed E-state index contributed by atoms with van der Waals surface area (Å²) < 4.78 is 25.2. The molecular formula is C38H32O5S. The molecule has 0 aliphatic heterocycles. The van der Waals surface area contributed by atoms with Crippen molar-refractivity contribution in [3.63, 3.8) is 0 Å². The van der Waals surface area contributed by atoms with E-state index in [9.17, 15) is 14.4 Å². The van der Waals surface area contributed by atoms with Gasteiger partial charge in [-0.1, -0.05) is 48.5 Å². The van der Waals surface area contributed by atoms with Crippen molar-refractivity contribution in [3.05, 3.63) is 162 Å². The lowest BCUT2D eigenvalue weighted by molar-refractivity contribution is 0.414. The van der Waals surface area contributed by atoms with E-state index >= 15 is 0 Å². The molecule has 0 bridgehead atoms. The number of para-hydroxylation sites is 1. The van der Waals surface area contributed by atoms with Gasteiger partial charge < -0.3 is 19.7 Å². The summed E-state index contributed by atoms with van der Waals surface area (Å²) in [7, 11) is -1.35. The van der Waals surface area contributed by atoms with Gasteiger partial charge in [0, 0.05) is 22.6 Å². The molecule has 5 aromatic carbocycles. The molecule has 6 rings (SSSR count). The smallest absolute Gasteiger partial charge is 0.127 e. The molecule has 1 aliphatic carbocycles. The van der Waals surface area contributed by atoms with Gasteiger partial charge in [0.1, 0.15) is 34.5 Å². The van der Waals surface area contributed by atoms with Crippen molar-refractivity contribution in [2.24, 2.45) is 0 Å². The van der Waals surface area contributed by atoms with E-state index in [4.69, 9.17) is 9.47 Å². The molecule has 1 aliphatic rings. The number of aromatic hydroxyl groups is 1. The van der Waals surface area contributed by atoms with Crippen LogP contribution in [0.25, 0.3) is 0 Å². The van der Waals surface area contributed by atoms with Crippen molar-refractivity contribution >= 4 is 10.8 Å². The summed E-state index contributed by atoms with van der Waals surface area (Å²) in [5, 5.41) is 20.1. The van der Waals surface area contributed by atoms with Crippen molar-refractivity contribution in [1.29, 1.82) is 0 Å². The average molecular weight is 601 g/mol. The SMILES string of the molecule is O=S(c1ccc(Oc2ccc(CC3=CCCC=C3O)cc2)cc1)c1ccc(Oc2ccc(Cc3ccccc3O)cc2)cc1. The lowest BCUT2D eigenvalue weighted by atomic mass is 9.98. The van der Waals surface area contributed by atoms with Gasteiger partial charge in [-0.3, -0.25) is 0 Å². The number of aliphatic hydroxyl groups is 1. The fourth-order valence-electron chi connectivity index (χ4n) is 5.00. The molecule has 0 aromatic heterocycles. The zero-order valence-electron chi connectivity index (χ0n) is 24.1. The summed E-state index contributed by atoms with van der Waals surface area (Å²) >= 11 is 0. The van der Waals surface area contributed by atoms with Crippen LogP contribution in [-0.4, -0.2) is 14.4 Å². The first-order valence-corrected chi connectivity index (χ1v) is 15.7. The van der Waals surface area contributed by atoms with Crippen LogP contribution in [0.3, 0.4) is 0 Å². The Bertz CT molecular complexity index is 1800. The van der Waals surface area contributed by atoms with Crippen LogP contribution in [0.15, 0.2) is 155 Å². The Kier molecular flexibility index (Phi) is 8.90. The predicted molar refractivity (Wildman–Crippen MR) is 173 cm³/mol. The summed E-state index contributed by atoms with van der Waals surface area (Å²) in [6, 6.07) is 37.4. The monoisotopic (exact) mass is 600 g/mol. The predicted octanol–water partition coefficient (Wildman–Crippen LogP) is 9.44. The largest absolute Gasteiger partial charge is 0.508 e. The molecule has 1 atom stereocenters. The van der Waals surface area contributed by atoms with Gasteiger partial charge in [-0.25, -0.2) is 4.21 Å². The Morgan fingerprint density at radius 1 is 0.545 bits per heavy atom. The summed E-state index contributed by atoms with van der Waals surface area (Å²) in [4.78, 5) is 1.35. The number of hydrogen-bond donors (Lipinski definition) is 2. The molecule has 0 spiro atoms. The maximum atomic E-state index is 13.2. The van der Waals surface area contributed by atoms with Crippen molar-refractivity contribution in [1.82, 2.24) is 0 Å². The third-order valence-corrected chi connectivity index (χ3v) is 8.80. The number of allylic oxidation sites excluding steroid dienone is 3. The highest BCUT2D eigenvalue weighted by molar-refractivity contribution is 7.85. The first kappa shape index (κ1) is 29.0. The molecule has 0 saturated heterocycles. The molecule has 0 heterocycles. The number of benzene rings is 5. The standard InChI is InChI=1S/C38H32O5S/c39-37-7-3-1-5-29(37)25-27-9-13-31(14-10-27)42-33-17-21-35(22-18-33)44(41)36-23-19-34(20-24-36)43-32-15-11-28(12-16-32)26-30-6-2-4-8-38(30)40/h1,3,5-24,39-40H,2,4,25-26H2. The first-order valence-electron chi connectivity index (χ1n) is 14.5. The molecule has 5 aromatic rings. The van der Waals surface area contributed by atoms with E-state index < -0.39 is 10.8 Å². The second kappa shape index (κ2) is 13.5. The Morgan fingerprint density at radius 3 is 1.50 bits per heavy atom. The highest BCUT2D eigenvalue weighted by Gasteiger charge is 2.11. The van der Waals surface area contributed by atoms with Gasteiger partial charge in [-0.15, -0.1) is 0 Å². The van der Waals surface area contributed by atoms with Crippen LogP contribution in [0, 0.1) is 0 Å². The van der Waals surface area contributed by atoms with Gasteiger partial charge in [0.15, 0.2) is 0 Å². The molecular weight excluding hydrogens is 568 g/mol. The number of ether oxygens (including phenoxy) is 2. The second-order valence-electron chi connectivity index (χ2n) is 10.6. The molecule has 5 nitrogen and oxygen atoms in total. The summed E-state index contributed by atoms with van der Waals surface area (Å²) in [5.74, 6) is 3.38. The van der Waals surface area contributed by atoms with Crippen molar-refractivity contribution in [2.45, 2.75) is 35.5 Å². The molecule has 0 fully saturated rings. The molecule has 0 radical (unpaired) electrons. The van der Waals surface area contributed by atoms with Crippen LogP contribution in [0.5, 0.6) is 28.7 Å². The van der Waals surface area contributed by atoms with E-state index in [1.807, 2.05) is 121 Å². The normalized spacial score (nSPS) is 13.5. The number of phenolic OH excluding ortho intramolecular Hbond substituents is 1. The van der Waals surface area contributed by atoms with E-state index in [-0.39, 0.29) is 0 Å². The maximum absolute atomic E-state index is 13.2. The minimum Gasteiger partial charge on any atom is -0.508 e. The van der Waals surface area contributed by atoms with Gasteiger partial charge in [-0.05, 0) is 120 Å². The Balaban J connectivity index is 1.02. The Morgan fingerprint density at radius 2 is 1.00 bits per heavy atom. The number of phenols is 1. The van der Waals surface area contributed by atoms with E-state index in [1.165, 1.54) is 0 Å². The molecule has 0 amide bonds. The second-order valence-corrected chi connectivity index (χ2v) is 12.1. The highest BCUT2D eigenvalue weighted by Crippen LogP contribution is 2.29. The van der Waals surface area contributed by atoms with Gasteiger partial charge in [0.25, 0.3) is 0 Å². The summed E-state index contributed by atoms with van der Waals surface area (Å²) in [6.45, 7) is 0. The topological polar surface area (TPSA) is 76.0 Å². The van der Waals surface area contributed by atoms with Crippen LogP contribution >= 0.6 is 0 Å². The van der Waals surface area contributed by atoms with E-state index in [0.717, 1.165) is 35.1 Å². The van der Waals surface area contributed by atoms with Crippen LogP contribution < -0.4 is 9.47 Å². The van der Waals surface area contributed by atoms with Crippen LogP contribution in [0.1, 0.15) is 29.5 Å². The molecule has 6 heteroatoms. The van der Waals surface area contributed by atoms with Gasteiger partial charge in [0.05, 0.1) is 10.8 Å². The minimum atomic E-state index is -1.35. The van der Waals surface area contributed by atoms with Gasteiger partial charge in [-0.2, -0.15) is 0 Å². The van der Waals surface area contributed by atoms with Crippen LogP contribution in [0.2, 0.25) is 0 Å². The number of aliphatic hydroxyl groups excluding tert-OH is 1. The summed E-state index contributed by atoms with van der Waals surface area (Å²) in [5.41, 5.74) is 4.01. The molecule has 220 valence electrons.